The van der Waals surface area contributed by atoms with Crippen LogP contribution in [0.15, 0.2) is 24.3 Å². The van der Waals surface area contributed by atoms with E-state index in [0.29, 0.717) is 0 Å². The van der Waals surface area contributed by atoms with Crippen LogP contribution in [-0.4, -0.2) is 5.91 Å². The summed E-state index contributed by atoms with van der Waals surface area (Å²) in [6.07, 6.45) is 4.49. The van der Waals surface area contributed by atoms with Crippen molar-refractivity contribution in [3.05, 3.63) is 51.4 Å². The predicted molar refractivity (Wildman–Crippen MR) is 95.1 cm³/mol. The van der Waals surface area contributed by atoms with Crippen LogP contribution in [0, 0.1) is 12.8 Å². The van der Waals surface area contributed by atoms with Gasteiger partial charge in [0.15, 0.2) is 0 Å². The van der Waals surface area contributed by atoms with Crippen LogP contribution in [0.5, 0.6) is 0 Å². The number of benzene rings is 1. The molecular weight excluding hydrogens is 304 g/mol. The molecule has 120 valence electrons. The quantitative estimate of drug-likeness (QED) is 0.857. The second-order valence-corrected chi connectivity index (χ2v) is 7.79. The average molecular weight is 326 g/mol. The molecule has 4 heteroatoms. The van der Waals surface area contributed by atoms with Crippen LogP contribution < -0.4 is 10.6 Å². The summed E-state index contributed by atoms with van der Waals surface area (Å²) in [7, 11) is 0. The van der Waals surface area contributed by atoms with Gasteiger partial charge in [0.05, 0.1) is 5.56 Å². The Kier molecular flexibility index (Phi) is 3.64. The van der Waals surface area contributed by atoms with E-state index in [2.05, 4.69) is 48.7 Å². The highest BCUT2D eigenvalue weighted by atomic mass is 32.1. The van der Waals surface area contributed by atoms with E-state index >= 15 is 0 Å². The molecule has 0 saturated heterocycles. The molecule has 1 aliphatic heterocycles. The first kappa shape index (κ1) is 14.8. The van der Waals surface area contributed by atoms with Crippen LogP contribution in [0.3, 0.4) is 0 Å². The second kappa shape index (κ2) is 5.68. The van der Waals surface area contributed by atoms with Gasteiger partial charge in [-0.1, -0.05) is 43.2 Å². The number of anilines is 1. The summed E-state index contributed by atoms with van der Waals surface area (Å²) >= 11 is 1.79. The van der Waals surface area contributed by atoms with Crippen molar-refractivity contribution < 1.29 is 4.79 Å². The van der Waals surface area contributed by atoms with E-state index < -0.39 is 0 Å². The highest BCUT2D eigenvalue weighted by molar-refractivity contribution is 7.16. The normalized spacial score (nSPS) is 22.8. The molecule has 0 bridgehead atoms. The standard InChI is InChI=1S/C19H22N2OS/c1-3-12-6-9-14-15(10-12)23-19-16(14)18(22)20-17(21-19)13-7-4-11(2)5-8-13/h4-5,7-8,12,17,21H,3,6,9-10H2,1-2H3,(H,20,22)/t12-,17-/m1/s1. The average Bonchev–Trinajstić information content (AvgIpc) is 2.93. The zero-order valence-corrected chi connectivity index (χ0v) is 14.4. The number of aryl methyl sites for hydroxylation is 1. The summed E-state index contributed by atoms with van der Waals surface area (Å²) in [5.74, 6) is 0.857. The number of nitrogens with one attached hydrogen (secondary N) is 2. The van der Waals surface area contributed by atoms with Crippen molar-refractivity contribution in [2.45, 2.75) is 45.7 Å². The molecule has 2 atom stereocenters. The Hall–Kier alpha value is -1.81. The van der Waals surface area contributed by atoms with E-state index in [0.717, 1.165) is 34.9 Å². The van der Waals surface area contributed by atoms with Crippen molar-refractivity contribution in [1.82, 2.24) is 5.32 Å². The molecular formula is C19H22N2OS. The van der Waals surface area contributed by atoms with Gasteiger partial charge in [-0.05, 0) is 43.2 Å². The lowest BCUT2D eigenvalue weighted by molar-refractivity contribution is 0.0935. The second-order valence-electron chi connectivity index (χ2n) is 6.69. The fourth-order valence-corrected chi connectivity index (χ4v) is 5.03. The fraction of sp³-hybridized carbons (Fsp3) is 0.421. The molecule has 2 heterocycles. The smallest absolute Gasteiger partial charge is 0.256 e. The van der Waals surface area contributed by atoms with Crippen molar-refractivity contribution in [2.24, 2.45) is 5.92 Å². The molecule has 1 amide bonds. The molecule has 2 N–H and O–H groups in total. The third-order valence-corrected chi connectivity index (χ3v) is 6.32. The van der Waals surface area contributed by atoms with E-state index in [9.17, 15) is 4.79 Å². The number of rotatable bonds is 2. The van der Waals surface area contributed by atoms with Gasteiger partial charge >= 0.3 is 0 Å². The van der Waals surface area contributed by atoms with E-state index in [4.69, 9.17) is 0 Å². The van der Waals surface area contributed by atoms with E-state index in [1.807, 2.05) is 0 Å². The lowest BCUT2D eigenvalue weighted by Gasteiger charge is -2.27. The van der Waals surface area contributed by atoms with Gasteiger partial charge in [0.2, 0.25) is 0 Å². The molecule has 0 unspecified atom stereocenters. The maximum Gasteiger partial charge on any atom is 0.256 e. The Morgan fingerprint density at radius 1 is 1.22 bits per heavy atom. The third-order valence-electron chi connectivity index (χ3n) is 5.13. The van der Waals surface area contributed by atoms with Crippen LogP contribution in [0.1, 0.15) is 57.9 Å². The van der Waals surface area contributed by atoms with E-state index in [1.165, 1.54) is 28.8 Å². The molecule has 23 heavy (non-hydrogen) atoms. The first-order chi connectivity index (χ1) is 11.2. The first-order valence-corrected chi connectivity index (χ1v) is 9.26. The maximum absolute atomic E-state index is 12.7. The Morgan fingerprint density at radius 2 is 2.00 bits per heavy atom. The summed E-state index contributed by atoms with van der Waals surface area (Å²) < 4.78 is 0. The summed E-state index contributed by atoms with van der Waals surface area (Å²) in [4.78, 5) is 14.1. The van der Waals surface area contributed by atoms with Gasteiger partial charge in [-0.2, -0.15) is 0 Å². The number of carbonyl (C=O) groups excluding carboxylic acids is 1. The molecule has 2 aromatic rings. The van der Waals surface area contributed by atoms with Crippen LogP contribution in [0.25, 0.3) is 0 Å². The number of carbonyl (C=O) groups is 1. The number of thiophene rings is 1. The highest BCUT2D eigenvalue weighted by Crippen LogP contribution is 2.43. The van der Waals surface area contributed by atoms with Gasteiger partial charge in [-0.25, -0.2) is 0 Å². The first-order valence-electron chi connectivity index (χ1n) is 8.44. The van der Waals surface area contributed by atoms with Gasteiger partial charge in [-0.3, -0.25) is 4.79 Å². The van der Waals surface area contributed by atoms with Gasteiger partial charge < -0.3 is 10.6 Å². The number of amides is 1. The number of fused-ring (bicyclic) bond motifs is 3. The Bertz CT molecular complexity index is 747. The van der Waals surface area contributed by atoms with E-state index in [-0.39, 0.29) is 12.1 Å². The molecule has 4 rings (SSSR count). The summed E-state index contributed by atoms with van der Waals surface area (Å²) in [5.41, 5.74) is 4.53. The van der Waals surface area contributed by atoms with Gasteiger partial charge in [0, 0.05) is 4.88 Å². The van der Waals surface area contributed by atoms with Crippen molar-refractivity contribution in [3.63, 3.8) is 0 Å². The fourth-order valence-electron chi connectivity index (χ4n) is 3.64. The van der Waals surface area contributed by atoms with Crippen molar-refractivity contribution >= 4 is 22.2 Å². The Labute approximate surface area is 141 Å². The summed E-state index contributed by atoms with van der Waals surface area (Å²) in [6.45, 7) is 4.34. The number of hydrogen-bond donors (Lipinski definition) is 2. The monoisotopic (exact) mass is 326 g/mol. The molecule has 1 aromatic carbocycles. The zero-order valence-electron chi connectivity index (χ0n) is 13.6. The van der Waals surface area contributed by atoms with Gasteiger partial charge in [0.1, 0.15) is 11.2 Å². The van der Waals surface area contributed by atoms with Gasteiger partial charge in [0.25, 0.3) is 5.91 Å². The molecule has 1 aliphatic carbocycles. The molecule has 0 fully saturated rings. The molecule has 2 aliphatic rings. The molecule has 0 radical (unpaired) electrons. The topological polar surface area (TPSA) is 41.1 Å². The summed E-state index contributed by atoms with van der Waals surface area (Å²) in [6, 6.07) is 8.34. The lowest BCUT2D eigenvalue weighted by Crippen LogP contribution is -2.38. The zero-order chi connectivity index (χ0) is 16.0. The van der Waals surface area contributed by atoms with Crippen LogP contribution in [0.2, 0.25) is 0 Å². The molecule has 0 spiro atoms. The molecule has 1 aromatic heterocycles. The van der Waals surface area contributed by atoms with Crippen molar-refractivity contribution in [1.29, 1.82) is 0 Å². The minimum absolute atomic E-state index is 0.0803. The van der Waals surface area contributed by atoms with Crippen LogP contribution >= 0.6 is 11.3 Å². The lowest BCUT2D eigenvalue weighted by atomic mass is 9.85. The maximum atomic E-state index is 12.7. The summed E-state index contributed by atoms with van der Waals surface area (Å²) in [5, 5.41) is 7.72. The Morgan fingerprint density at radius 3 is 2.74 bits per heavy atom. The minimum atomic E-state index is -0.127. The van der Waals surface area contributed by atoms with Crippen LogP contribution in [-0.2, 0) is 12.8 Å². The third kappa shape index (κ3) is 2.55. The van der Waals surface area contributed by atoms with Crippen molar-refractivity contribution in [3.8, 4) is 0 Å². The van der Waals surface area contributed by atoms with Crippen molar-refractivity contribution in [2.75, 3.05) is 5.32 Å². The number of hydrogen-bond acceptors (Lipinski definition) is 3. The predicted octanol–water partition coefficient (Wildman–Crippen LogP) is 4.43. The van der Waals surface area contributed by atoms with Crippen LogP contribution in [0.4, 0.5) is 5.00 Å². The Balaban J connectivity index is 1.66. The highest BCUT2D eigenvalue weighted by Gasteiger charge is 2.33. The molecule has 0 saturated carbocycles. The SMILES string of the molecule is CC[C@@H]1CCc2c(sc3c2C(=O)N[C@@H](c2ccc(C)cc2)N3)C1. The largest absolute Gasteiger partial charge is 0.353 e. The van der Waals surface area contributed by atoms with E-state index in [1.54, 1.807) is 11.3 Å². The molecule has 3 nitrogen and oxygen atoms in total. The minimum Gasteiger partial charge on any atom is -0.353 e. The van der Waals surface area contributed by atoms with Gasteiger partial charge in [-0.15, -0.1) is 11.3 Å².